The van der Waals surface area contributed by atoms with Gasteiger partial charge in [-0.25, -0.2) is 9.59 Å². The Balaban J connectivity index is 1.08. The van der Waals surface area contributed by atoms with E-state index in [0.29, 0.717) is 31.2 Å². The molecule has 0 spiro atoms. The number of ether oxygens (including phenoxy) is 2. The molecule has 10 nitrogen and oxygen atoms in total. The average Bonchev–Trinajstić information content (AvgIpc) is 3.35. The van der Waals surface area contributed by atoms with Gasteiger partial charge >= 0.3 is 12.1 Å². The predicted molar refractivity (Wildman–Crippen MR) is 166 cm³/mol. The molecule has 3 N–H and O–H groups in total. The minimum atomic E-state index is -0.966. The summed E-state index contributed by atoms with van der Waals surface area (Å²) in [5, 5.41) is 10.4. The second-order valence-electron chi connectivity index (χ2n) is 14.6. The van der Waals surface area contributed by atoms with Crippen molar-refractivity contribution < 1.29 is 28.3 Å². The van der Waals surface area contributed by atoms with E-state index in [2.05, 4.69) is 20.9 Å². The molecule has 7 rings (SSSR count). The zero-order valence-electron chi connectivity index (χ0n) is 26.2. The van der Waals surface area contributed by atoms with Crippen LogP contribution in [0.3, 0.4) is 0 Å². The summed E-state index contributed by atoms with van der Waals surface area (Å²) in [5.74, 6) is 2.79. The summed E-state index contributed by atoms with van der Waals surface area (Å²) in [6.45, 7) is 7.34. The summed E-state index contributed by atoms with van der Waals surface area (Å²) < 4.78 is 17.4. The number of furan rings is 1. The molecule has 4 fully saturated rings. The van der Waals surface area contributed by atoms with Crippen LogP contribution < -0.4 is 16.0 Å². The van der Waals surface area contributed by atoms with Gasteiger partial charge in [0.1, 0.15) is 17.4 Å². The fraction of sp³-hybridized carbons (Fsp3) is 0.647. The number of benzene rings is 1. The Bertz CT molecular complexity index is 1390. The zero-order chi connectivity index (χ0) is 30.9. The number of alkyl carbamates (subject to hydrolysis) is 1. The zero-order valence-corrected chi connectivity index (χ0v) is 26.2. The van der Waals surface area contributed by atoms with Gasteiger partial charge in [0.15, 0.2) is 5.96 Å². The number of carbonyl (C=O) groups excluding carboxylic acids is 3. The molecule has 0 radical (unpaired) electrons. The van der Waals surface area contributed by atoms with Gasteiger partial charge < -0.3 is 24.5 Å². The van der Waals surface area contributed by atoms with E-state index in [4.69, 9.17) is 13.9 Å². The molecule has 5 aliphatic rings. The summed E-state index contributed by atoms with van der Waals surface area (Å²) in [6, 6.07) is 4.92. The number of rotatable bonds is 9. The number of hydrogen-bond acceptors (Lipinski definition) is 8. The highest BCUT2D eigenvalue weighted by atomic mass is 16.6. The maximum Gasteiger partial charge on any atom is 0.407 e. The Morgan fingerprint density at radius 2 is 1.84 bits per heavy atom. The maximum atomic E-state index is 13.2. The molecule has 44 heavy (non-hydrogen) atoms. The molecular formula is C34H46N4O6. The molecule has 1 aliphatic heterocycles. The van der Waals surface area contributed by atoms with Crippen molar-refractivity contribution in [2.75, 3.05) is 19.7 Å². The molecule has 4 aliphatic carbocycles. The lowest BCUT2D eigenvalue weighted by Crippen LogP contribution is -2.50. The van der Waals surface area contributed by atoms with Crippen LogP contribution in [0.4, 0.5) is 4.79 Å². The van der Waals surface area contributed by atoms with E-state index in [1.807, 2.05) is 18.2 Å². The van der Waals surface area contributed by atoms with Crippen LogP contribution in [0.2, 0.25) is 0 Å². The molecule has 1 atom stereocenters. The molecule has 2 aromatic rings. The number of aliphatic imine (C=N–C) groups is 1. The van der Waals surface area contributed by atoms with Gasteiger partial charge in [0, 0.05) is 42.1 Å². The van der Waals surface area contributed by atoms with Crippen LogP contribution in [0.15, 0.2) is 33.9 Å². The molecule has 2 heterocycles. The van der Waals surface area contributed by atoms with Gasteiger partial charge in [-0.15, -0.1) is 0 Å². The third kappa shape index (κ3) is 7.38. The Morgan fingerprint density at radius 1 is 1.11 bits per heavy atom. The highest BCUT2D eigenvalue weighted by molar-refractivity contribution is 5.97. The monoisotopic (exact) mass is 606 g/mol. The van der Waals surface area contributed by atoms with Gasteiger partial charge in [-0.2, -0.15) is 0 Å². The summed E-state index contributed by atoms with van der Waals surface area (Å²) in [4.78, 5) is 43.0. The standard InChI is InChI=1S/C34H46N4O6/c1-33(2,3)44-30(40)27(37-32(41)43-20-34-16-22-11-23(17-34)13-24(12-22)18-34)15-28-26-7-5-21(14-25(26)19-42-28)6-8-29(39)38-31-35-9-4-10-36-31/h5,7,14,19,22-24,27H,4,6,8-13,15-18,20H2,1-3H3,(H,37,41)(H2,35,36,38,39). The fourth-order valence-corrected chi connectivity index (χ4v) is 8.17. The topological polar surface area (TPSA) is 131 Å². The first kappa shape index (κ1) is 30.5. The minimum Gasteiger partial charge on any atom is -0.468 e. The first-order valence-electron chi connectivity index (χ1n) is 16.3. The number of carbonyl (C=O) groups is 3. The van der Waals surface area contributed by atoms with Gasteiger partial charge in [-0.05, 0) is 102 Å². The first-order valence-corrected chi connectivity index (χ1v) is 16.3. The Morgan fingerprint density at radius 3 is 2.50 bits per heavy atom. The number of aryl methyl sites for hydroxylation is 1. The van der Waals surface area contributed by atoms with Crippen LogP contribution in [0, 0.1) is 23.2 Å². The molecule has 4 saturated carbocycles. The van der Waals surface area contributed by atoms with Gasteiger partial charge in [0.05, 0.1) is 12.9 Å². The van der Waals surface area contributed by atoms with Gasteiger partial charge in [-0.1, -0.05) is 12.1 Å². The van der Waals surface area contributed by atoms with E-state index < -0.39 is 23.7 Å². The quantitative estimate of drug-likeness (QED) is 0.342. The van der Waals surface area contributed by atoms with Gasteiger partial charge in [0.2, 0.25) is 5.91 Å². The van der Waals surface area contributed by atoms with E-state index in [9.17, 15) is 14.4 Å². The lowest BCUT2D eigenvalue weighted by molar-refractivity contribution is -0.157. The van der Waals surface area contributed by atoms with E-state index in [0.717, 1.165) is 72.9 Å². The van der Waals surface area contributed by atoms with Gasteiger partial charge in [-0.3, -0.25) is 15.1 Å². The average molecular weight is 607 g/mol. The number of hydrogen-bond donors (Lipinski definition) is 3. The molecular weight excluding hydrogens is 560 g/mol. The Hall–Kier alpha value is -3.56. The van der Waals surface area contributed by atoms with Crippen molar-refractivity contribution in [3.8, 4) is 0 Å². The molecule has 1 aromatic carbocycles. The minimum absolute atomic E-state index is 0.0873. The fourth-order valence-electron chi connectivity index (χ4n) is 8.17. The number of fused-ring (bicyclic) bond motifs is 1. The molecule has 2 amide bonds. The number of guanidine groups is 1. The first-order chi connectivity index (χ1) is 21.0. The number of amides is 2. The van der Waals surface area contributed by atoms with Gasteiger partial charge in [0.25, 0.3) is 0 Å². The van der Waals surface area contributed by atoms with Crippen LogP contribution in [0.25, 0.3) is 10.8 Å². The molecule has 4 bridgehead atoms. The normalized spacial score (nSPS) is 26.4. The SMILES string of the molecule is CC(C)(C)OC(=O)C(Cc1occ2cc(CCC(=O)NC3=NCCCN3)ccc12)NC(=O)OCC12CC3CC(CC(C3)C1)C2. The van der Waals surface area contributed by atoms with E-state index in [-0.39, 0.29) is 17.7 Å². The van der Waals surface area contributed by atoms with Crippen LogP contribution in [0.5, 0.6) is 0 Å². The van der Waals surface area contributed by atoms with Crippen molar-refractivity contribution in [3.05, 3.63) is 35.8 Å². The Kier molecular flexibility index (Phi) is 8.61. The van der Waals surface area contributed by atoms with E-state index in [1.165, 1.54) is 19.3 Å². The molecule has 10 heteroatoms. The van der Waals surface area contributed by atoms with Crippen LogP contribution >= 0.6 is 0 Å². The summed E-state index contributed by atoms with van der Waals surface area (Å²) in [7, 11) is 0. The van der Waals surface area contributed by atoms with Crippen molar-refractivity contribution in [1.29, 1.82) is 0 Å². The summed E-state index contributed by atoms with van der Waals surface area (Å²) in [5.41, 5.74) is 0.365. The van der Waals surface area contributed by atoms with Crippen LogP contribution in [0.1, 0.15) is 83.5 Å². The molecule has 1 unspecified atom stereocenters. The maximum absolute atomic E-state index is 13.2. The largest absolute Gasteiger partial charge is 0.468 e. The van der Waals surface area contributed by atoms with E-state index in [1.54, 1.807) is 27.0 Å². The second-order valence-corrected chi connectivity index (χ2v) is 14.6. The van der Waals surface area contributed by atoms with Crippen molar-refractivity contribution in [2.45, 2.75) is 96.6 Å². The third-order valence-electron chi connectivity index (χ3n) is 9.59. The molecule has 0 saturated heterocycles. The molecule has 1 aromatic heterocycles. The summed E-state index contributed by atoms with van der Waals surface area (Å²) >= 11 is 0. The lowest BCUT2D eigenvalue weighted by Gasteiger charge is -2.56. The number of nitrogens with zero attached hydrogens (tertiary/aromatic N) is 1. The predicted octanol–water partition coefficient (Wildman–Crippen LogP) is 5.03. The molecule has 238 valence electrons. The highest BCUT2D eigenvalue weighted by Crippen LogP contribution is 2.60. The van der Waals surface area contributed by atoms with Crippen LogP contribution in [-0.4, -0.2) is 55.3 Å². The highest BCUT2D eigenvalue weighted by Gasteiger charge is 2.51. The van der Waals surface area contributed by atoms with Crippen LogP contribution in [-0.2, 0) is 31.9 Å². The smallest absolute Gasteiger partial charge is 0.407 e. The number of esters is 1. The van der Waals surface area contributed by atoms with Crippen molar-refractivity contribution in [1.82, 2.24) is 16.0 Å². The Labute approximate surface area is 259 Å². The van der Waals surface area contributed by atoms with Crippen molar-refractivity contribution >= 4 is 34.7 Å². The third-order valence-corrected chi connectivity index (χ3v) is 9.59. The van der Waals surface area contributed by atoms with Crippen molar-refractivity contribution in [3.63, 3.8) is 0 Å². The summed E-state index contributed by atoms with van der Waals surface area (Å²) in [6.07, 6.45) is 10.4. The lowest BCUT2D eigenvalue weighted by atomic mass is 9.50. The van der Waals surface area contributed by atoms with Crippen molar-refractivity contribution in [2.24, 2.45) is 28.2 Å². The second kappa shape index (κ2) is 12.4. The van der Waals surface area contributed by atoms with E-state index >= 15 is 0 Å². The number of nitrogens with one attached hydrogen (secondary N) is 3.